The number of aromatic nitrogens is 2. The summed E-state index contributed by atoms with van der Waals surface area (Å²) in [6.45, 7) is 0. The van der Waals surface area contributed by atoms with Gasteiger partial charge in [-0.2, -0.15) is 0 Å². The molecule has 0 aliphatic heterocycles. The summed E-state index contributed by atoms with van der Waals surface area (Å²) in [6, 6.07) is 12.6. The van der Waals surface area contributed by atoms with Crippen molar-refractivity contribution in [2.75, 3.05) is 19.5 Å². The first-order valence-corrected chi connectivity index (χ1v) is 6.52. The van der Waals surface area contributed by atoms with E-state index >= 15 is 0 Å². The molecule has 0 aliphatic carbocycles. The molecule has 0 amide bonds. The van der Waals surface area contributed by atoms with E-state index in [1.54, 1.807) is 25.2 Å². The molecule has 0 bridgehead atoms. The van der Waals surface area contributed by atoms with Gasteiger partial charge in [0.25, 0.3) is 0 Å². The first-order valence-electron chi connectivity index (χ1n) is 6.52. The van der Waals surface area contributed by atoms with Crippen LogP contribution in [0, 0.1) is 5.82 Å². The van der Waals surface area contributed by atoms with Gasteiger partial charge >= 0.3 is 0 Å². The molecule has 5 heteroatoms. The minimum absolute atomic E-state index is 0.191. The van der Waals surface area contributed by atoms with E-state index in [0.29, 0.717) is 17.1 Å². The smallest absolute Gasteiger partial charge is 0.174 e. The number of ether oxygens (including phenoxy) is 1. The van der Waals surface area contributed by atoms with E-state index in [4.69, 9.17) is 4.74 Å². The second-order valence-electron chi connectivity index (χ2n) is 4.51. The van der Waals surface area contributed by atoms with Crippen LogP contribution in [0.15, 0.2) is 42.5 Å². The quantitative estimate of drug-likeness (QED) is 0.799. The number of hydrogen-bond donors (Lipinski definition) is 1. The fourth-order valence-corrected chi connectivity index (χ4v) is 2.34. The van der Waals surface area contributed by atoms with Gasteiger partial charge in [-0.1, -0.05) is 30.3 Å². The fourth-order valence-electron chi connectivity index (χ4n) is 2.34. The van der Waals surface area contributed by atoms with Crippen LogP contribution in [0.3, 0.4) is 0 Å². The Morgan fingerprint density at radius 1 is 1.00 bits per heavy atom. The van der Waals surface area contributed by atoms with Crippen LogP contribution in [0.25, 0.3) is 22.0 Å². The van der Waals surface area contributed by atoms with Crippen LogP contribution in [0.2, 0.25) is 0 Å². The van der Waals surface area contributed by atoms with Crippen molar-refractivity contribution in [3.05, 3.63) is 48.3 Å². The largest absolute Gasteiger partial charge is 0.494 e. The molecule has 3 rings (SSSR count). The molecule has 0 saturated carbocycles. The average molecular weight is 283 g/mol. The Labute approximate surface area is 121 Å². The van der Waals surface area contributed by atoms with E-state index < -0.39 is 5.82 Å². The molecule has 4 nitrogen and oxygen atoms in total. The van der Waals surface area contributed by atoms with Gasteiger partial charge in [0.15, 0.2) is 17.4 Å². The third-order valence-corrected chi connectivity index (χ3v) is 3.36. The molecule has 1 heterocycles. The molecule has 106 valence electrons. The van der Waals surface area contributed by atoms with Crippen LogP contribution < -0.4 is 10.1 Å². The maximum Gasteiger partial charge on any atom is 0.174 e. The summed E-state index contributed by atoms with van der Waals surface area (Å²) in [7, 11) is 3.22. The Bertz CT molecular complexity index is 805. The van der Waals surface area contributed by atoms with Gasteiger partial charge < -0.3 is 10.1 Å². The Kier molecular flexibility index (Phi) is 3.39. The SMILES string of the molecule is CNc1nnc(-c2cccc(OC)c2F)c2ccccc12. The van der Waals surface area contributed by atoms with Gasteiger partial charge in [-0.05, 0) is 12.1 Å². The van der Waals surface area contributed by atoms with Crippen LogP contribution in [-0.2, 0) is 0 Å². The van der Waals surface area contributed by atoms with E-state index in [0.717, 1.165) is 10.8 Å². The van der Waals surface area contributed by atoms with Gasteiger partial charge in [-0.3, -0.25) is 0 Å². The van der Waals surface area contributed by atoms with Crippen LogP contribution in [0.4, 0.5) is 10.2 Å². The van der Waals surface area contributed by atoms with Gasteiger partial charge in [0.05, 0.1) is 7.11 Å². The van der Waals surface area contributed by atoms with Crippen molar-refractivity contribution >= 4 is 16.6 Å². The van der Waals surface area contributed by atoms with E-state index in [2.05, 4.69) is 15.5 Å². The molecule has 0 fully saturated rings. The Balaban J connectivity index is 2.32. The minimum Gasteiger partial charge on any atom is -0.494 e. The van der Waals surface area contributed by atoms with E-state index in [9.17, 15) is 4.39 Å². The number of nitrogens with one attached hydrogen (secondary N) is 1. The van der Waals surface area contributed by atoms with Crippen molar-refractivity contribution in [1.82, 2.24) is 10.2 Å². The van der Waals surface area contributed by atoms with Gasteiger partial charge in [0, 0.05) is 23.4 Å². The number of hydrogen-bond acceptors (Lipinski definition) is 4. The highest BCUT2D eigenvalue weighted by Gasteiger charge is 2.16. The standard InChI is InChI=1S/C16H14FN3O/c1-18-16-11-7-4-3-6-10(11)15(19-20-16)12-8-5-9-13(21-2)14(12)17/h3-9H,1-2H3,(H,18,20). The lowest BCUT2D eigenvalue weighted by atomic mass is 10.0. The summed E-state index contributed by atoms with van der Waals surface area (Å²) in [4.78, 5) is 0. The predicted octanol–water partition coefficient (Wildman–Crippen LogP) is 3.49. The molecule has 0 spiro atoms. The van der Waals surface area contributed by atoms with Gasteiger partial charge in [-0.25, -0.2) is 4.39 Å². The molecule has 0 radical (unpaired) electrons. The van der Waals surface area contributed by atoms with Crippen molar-refractivity contribution < 1.29 is 9.13 Å². The lowest BCUT2D eigenvalue weighted by molar-refractivity contribution is 0.387. The predicted molar refractivity (Wildman–Crippen MR) is 81.0 cm³/mol. The fraction of sp³-hybridized carbons (Fsp3) is 0.125. The van der Waals surface area contributed by atoms with E-state index in [-0.39, 0.29) is 5.75 Å². The molecule has 2 aromatic carbocycles. The number of benzene rings is 2. The summed E-state index contributed by atoms with van der Waals surface area (Å²) >= 11 is 0. The molecule has 0 unspecified atom stereocenters. The van der Waals surface area contributed by atoms with Gasteiger partial charge in [0.2, 0.25) is 0 Å². The van der Waals surface area contributed by atoms with Crippen LogP contribution in [0.1, 0.15) is 0 Å². The van der Waals surface area contributed by atoms with Gasteiger partial charge in [0.1, 0.15) is 5.69 Å². The maximum atomic E-state index is 14.5. The van der Waals surface area contributed by atoms with E-state index in [1.165, 1.54) is 7.11 Å². The van der Waals surface area contributed by atoms with Crippen molar-refractivity contribution in [2.24, 2.45) is 0 Å². The summed E-state index contributed by atoms with van der Waals surface area (Å²) in [6.07, 6.45) is 0. The topological polar surface area (TPSA) is 47.0 Å². The van der Waals surface area contributed by atoms with Crippen molar-refractivity contribution in [2.45, 2.75) is 0 Å². The number of rotatable bonds is 3. The number of fused-ring (bicyclic) bond motifs is 1. The second kappa shape index (κ2) is 5.36. The molecule has 0 saturated heterocycles. The Morgan fingerprint density at radius 2 is 1.76 bits per heavy atom. The zero-order chi connectivity index (χ0) is 14.8. The number of nitrogens with zero attached hydrogens (tertiary/aromatic N) is 2. The maximum absolute atomic E-state index is 14.5. The van der Waals surface area contributed by atoms with Crippen LogP contribution in [0.5, 0.6) is 5.75 Å². The normalized spacial score (nSPS) is 10.6. The molecule has 3 aromatic rings. The molecule has 1 aromatic heterocycles. The summed E-state index contributed by atoms with van der Waals surface area (Å²) < 4.78 is 19.5. The van der Waals surface area contributed by atoms with Crippen molar-refractivity contribution in [1.29, 1.82) is 0 Å². The first-order chi connectivity index (χ1) is 10.3. The highest BCUT2D eigenvalue weighted by molar-refractivity contribution is 6.00. The number of halogens is 1. The second-order valence-corrected chi connectivity index (χ2v) is 4.51. The summed E-state index contributed by atoms with van der Waals surface area (Å²) in [5.74, 6) is 0.422. The van der Waals surface area contributed by atoms with E-state index in [1.807, 2.05) is 24.3 Å². The van der Waals surface area contributed by atoms with Crippen LogP contribution in [-0.4, -0.2) is 24.4 Å². The third-order valence-electron chi connectivity index (χ3n) is 3.36. The lowest BCUT2D eigenvalue weighted by Crippen LogP contribution is -2.00. The Hall–Kier alpha value is -2.69. The van der Waals surface area contributed by atoms with Crippen molar-refractivity contribution in [3.63, 3.8) is 0 Å². The molecular weight excluding hydrogens is 269 g/mol. The molecule has 21 heavy (non-hydrogen) atoms. The van der Waals surface area contributed by atoms with Crippen molar-refractivity contribution in [3.8, 4) is 17.0 Å². The molecule has 1 N–H and O–H groups in total. The lowest BCUT2D eigenvalue weighted by Gasteiger charge is -2.11. The van der Waals surface area contributed by atoms with Crippen LogP contribution >= 0.6 is 0 Å². The van der Waals surface area contributed by atoms with Gasteiger partial charge in [-0.15, -0.1) is 10.2 Å². The molecule has 0 atom stereocenters. The average Bonchev–Trinajstić information content (AvgIpc) is 2.54. The zero-order valence-electron chi connectivity index (χ0n) is 11.7. The summed E-state index contributed by atoms with van der Waals surface area (Å²) in [5, 5.41) is 13.0. The summed E-state index contributed by atoms with van der Waals surface area (Å²) in [5.41, 5.74) is 0.877. The first kappa shape index (κ1) is 13.3. The molecular formula is C16H14FN3O. The Morgan fingerprint density at radius 3 is 2.48 bits per heavy atom. The molecule has 0 aliphatic rings. The highest BCUT2D eigenvalue weighted by atomic mass is 19.1. The third kappa shape index (κ3) is 2.16. The highest BCUT2D eigenvalue weighted by Crippen LogP contribution is 2.33. The monoisotopic (exact) mass is 283 g/mol. The minimum atomic E-state index is -0.434. The number of methoxy groups -OCH3 is 1. The zero-order valence-corrected chi connectivity index (χ0v) is 11.7. The number of anilines is 1.